The van der Waals surface area contributed by atoms with Crippen LogP contribution in [-0.2, 0) is 26.3 Å². The van der Waals surface area contributed by atoms with Gasteiger partial charge in [-0.1, -0.05) is 30.3 Å². The number of nitrogen functional groups attached to an aromatic ring is 1. The smallest absolute Gasteiger partial charge is 0.430 e. The molecule has 1 aromatic heterocycles. The number of anilines is 1. The number of methoxy groups -OCH3 is 1. The number of likely N-dealkylation sites (tertiary alicyclic amines) is 1. The Bertz CT molecular complexity index is 1730. The van der Waals surface area contributed by atoms with Crippen molar-refractivity contribution >= 4 is 49.5 Å². The first-order chi connectivity index (χ1) is 20.1. The van der Waals surface area contributed by atoms with Crippen LogP contribution in [0, 0.1) is 0 Å². The highest BCUT2D eigenvalue weighted by atomic mass is 32.2. The number of fused-ring (bicyclic) bond motifs is 2. The SMILES string of the molecule is COc1ccc2ccc(S(=O)(=O)O)cc2c1.C[N-][C@H]1CCN(Cc2cccc3nc(N)ccc23)C1=O.O=C([O-])C(F)(F)F. The number of rotatable bonds is 5. The number of halogens is 3. The fraction of sp³-hybridized carbons (Fsp3) is 0.250. The van der Waals surface area contributed by atoms with Crippen LogP contribution in [0.5, 0.6) is 5.75 Å². The van der Waals surface area contributed by atoms with Gasteiger partial charge >= 0.3 is 6.18 Å². The Labute approximate surface area is 244 Å². The molecule has 1 saturated heterocycles. The summed E-state index contributed by atoms with van der Waals surface area (Å²) in [5.74, 6) is -1.74. The van der Waals surface area contributed by atoms with Crippen molar-refractivity contribution in [3.05, 3.63) is 77.6 Å². The maximum atomic E-state index is 12.1. The van der Waals surface area contributed by atoms with Gasteiger partial charge in [-0.3, -0.25) is 9.35 Å². The molecule has 3 aromatic carbocycles. The van der Waals surface area contributed by atoms with Gasteiger partial charge in [-0.25, -0.2) is 4.98 Å². The van der Waals surface area contributed by atoms with Crippen LogP contribution in [0.1, 0.15) is 12.0 Å². The zero-order valence-corrected chi connectivity index (χ0v) is 23.7. The van der Waals surface area contributed by atoms with Crippen LogP contribution in [0.15, 0.2) is 71.6 Å². The highest BCUT2D eigenvalue weighted by molar-refractivity contribution is 7.85. The number of carboxylic acids is 1. The van der Waals surface area contributed by atoms with Crippen molar-refractivity contribution in [1.29, 1.82) is 0 Å². The van der Waals surface area contributed by atoms with Crippen molar-refractivity contribution < 1.29 is 45.6 Å². The molecule has 11 nitrogen and oxygen atoms in total. The molecule has 1 aliphatic rings. The summed E-state index contributed by atoms with van der Waals surface area (Å²) in [5, 5.41) is 15.5. The highest BCUT2D eigenvalue weighted by Crippen LogP contribution is 2.25. The average Bonchev–Trinajstić information content (AvgIpc) is 3.30. The topological polar surface area (TPSA) is 177 Å². The normalized spacial score (nSPS) is 15.0. The monoisotopic (exact) mass is 620 g/mol. The molecular formula is C28H27F3N4O7S-2. The fourth-order valence-corrected chi connectivity index (χ4v) is 4.70. The lowest BCUT2D eigenvalue weighted by molar-refractivity contribution is -0.344. The van der Waals surface area contributed by atoms with Gasteiger partial charge < -0.3 is 30.6 Å². The zero-order chi connectivity index (χ0) is 31.9. The molecule has 5 rings (SSSR count). The number of ether oxygens (including phenoxy) is 1. The number of carbonyl (C=O) groups is 2. The van der Waals surface area contributed by atoms with Crippen molar-refractivity contribution in [2.75, 3.05) is 26.4 Å². The molecule has 0 aliphatic carbocycles. The fourth-order valence-electron chi connectivity index (χ4n) is 4.19. The van der Waals surface area contributed by atoms with E-state index in [1.807, 2.05) is 35.2 Å². The largest absolute Gasteiger partial charge is 0.654 e. The number of hydrogen-bond donors (Lipinski definition) is 2. The molecule has 1 fully saturated rings. The predicted octanol–water partition coefficient (Wildman–Crippen LogP) is 3.32. The Kier molecular flexibility index (Phi) is 10.5. The Hall–Kier alpha value is -4.47. The molecule has 0 saturated carbocycles. The summed E-state index contributed by atoms with van der Waals surface area (Å²) in [6, 6.07) is 19.2. The molecule has 0 bridgehead atoms. The Morgan fingerprint density at radius 1 is 1.14 bits per heavy atom. The molecule has 43 heavy (non-hydrogen) atoms. The Morgan fingerprint density at radius 2 is 1.81 bits per heavy atom. The number of carboxylic acid groups (broad SMARTS) is 1. The molecule has 0 spiro atoms. The van der Waals surface area contributed by atoms with E-state index in [4.69, 9.17) is 24.9 Å². The first-order valence-corrected chi connectivity index (χ1v) is 13.9. The van der Waals surface area contributed by atoms with Gasteiger partial charge in [0, 0.05) is 18.5 Å². The molecule has 4 aromatic rings. The average molecular weight is 621 g/mol. The van der Waals surface area contributed by atoms with Crippen LogP contribution in [0.4, 0.5) is 19.0 Å². The van der Waals surface area contributed by atoms with Gasteiger partial charge in [0.25, 0.3) is 10.1 Å². The second kappa shape index (κ2) is 13.7. The van der Waals surface area contributed by atoms with Crippen LogP contribution in [0.3, 0.4) is 0 Å². The number of nitrogens with two attached hydrogens (primary N) is 1. The Balaban J connectivity index is 0.000000197. The van der Waals surface area contributed by atoms with Crippen molar-refractivity contribution in [3.8, 4) is 5.75 Å². The van der Waals surface area contributed by atoms with Crippen molar-refractivity contribution in [1.82, 2.24) is 9.88 Å². The summed E-state index contributed by atoms with van der Waals surface area (Å²) < 4.78 is 67.4. The summed E-state index contributed by atoms with van der Waals surface area (Å²) in [5.41, 5.74) is 7.67. The number of aliphatic carboxylic acids is 1. The summed E-state index contributed by atoms with van der Waals surface area (Å²) in [6.45, 7) is 1.37. The standard InChI is InChI=1S/C15H17N4O.C11H10O4S.C2HF3O2/c1-17-13-7-8-19(15(13)20)9-10-3-2-4-12-11(10)5-6-14(16)18-12;1-15-10-4-2-8-3-5-11(16(12,13)14)7-9(8)6-10;3-2(4,5)1(6)7/h2-6,13H,7-9H2,1H3,(H2,16,18);2-7H,1H3,(H,12,13,14);(H,6,7)/q-1;;/p-1/t13-;;/m0../s1. The second-order valence-electron chi connectivity index (χ2n) is 9.18. The number of pyridine rings is 1. The third kappa shape index (κ3) is 8.76. The van der Waals surface area contributed by atoms with E-state index in [1.54, 1.807) is 31.3 Å². The lowest BCUT2D eigenvalue weighted by atomic mass is 10.1. The molecule has 0 unspecified atom stereocenters. The predicted molar refractivity (Wildman–Crippen MR) is 151 cm³/mol. The van der Waals surface area contributed by atoms with E-state index < -0.39 is 22.3 Å². The maximum absolute atomic E-state index is 12.1. The molecule has 3 N–H and O–H groups in total. The Morgan fingerprint density at radius 3 is 2.40 bits per heavy atom. The molecule has 0 radical (unpaired) electrons. The van der Waals surface area contributed by atoms with E-state index in [9.17, 15) is 26.4 Å². The van der Waals surface area contributed by atoms with E-state index in [0.29, 0.717) is 23.5 Å². The molecule has 2 heterocycles. The highest BCUT2D eigenvalue weighted by Gasteiger charge is 2.29. The number of hydrogen-bond acceptors (Lipinski definition) is 8. The van der Waals surface area contributed by atoms with E-state index in [2.05, 4.69) is 10.3 Å². The van der Waals surface area contributed by atoms with Crippen LogP contribution < -0.4 is 15.6 Å². The van der Waals surface area contributed by atoms with E-state index in [-0.39, 0.29) is 16.8 Å². The van der Waals surface area contributed by atoms with Crippen LogP contribution >= 0.6 is 0 Å². The van der Waals surface area contributed by atoms with Crippen molar-refractivity contribution in [2.24, 2.45) is 0 Å². The summed E-state index contributed by atoms with van der Waals surface area (Å²) >= 11 is 0. The van der Waals surface area contributed by atoms with E-state index in [1.165, 1.54) is 19.2 Å². The zero-order valence-electron chi connectivity index (χ0n) is 22.9. The number of alkyl halides is 3. The second-order valence-corrected chi connectivity index (χ2v) is 10.6. The lowest BCUT2D eigenvalue weighted by Crippen LogP contribution is -2.37. The van der Waals surface area contributed by atoms with Gasteiger partial charge in [-0.15, -0.1) is 0 Å². The molecule has 15 heteroatoms. The minimum atomic E-state index is -5.19. The van der Waals surface area contributed by atoms with Crippen LogP contribution in [-0.4, -0.2) is 67.7 Å². The third-order valence-corrected chi connectivity index (χ3v) is 7.18. The molecule has 1 amide bonds. The van der Waals surface area contributed by atoms with Crippen LogP contribution in [0.25, 0.3) is 27.0 Å². The number of likely N-dealkylation sites (N-methyl/N-ethyl adjacent to an activating group) is 1. The van der Waals surface area contributed by atoms with Gasteiger partial charge in [-0.05, 0) is 65.2 Å². The van der Waals surface area contributed by atoms with Crippen molar-refractivity contribution in [3.63, 3.8) is 0 Å². The number of nitrogens with zero attached hydrogens (tertiary/aromatic N) is 3. The third-order valence-electron chi connectivity index (χ3n) is 6.33. The maximum Gasteiger partial charge on any atom is 0.430 e. The number of carbonyl (C=O) groups excluding carboxylic acids is 2. The van der Waals surface area contributed by atoms with Gasteiger partial charge in [0.2, 0.25) is 5.91 Å². The van der Waals surface area contributed by atoms with Gasteiger partial charge in [0.15, 0.2) is 0 Å². The first-order valence-electron chi connectivity index (χ1n) is 12.5. The van der Waals surface area contributed by atoms with Gasteiger partial charge in [0.1, 0.15) is 17.5 Å². The van der Waals surface area contributed by atoms with E-state index in [0.717, 1.165) is 34.8 Å². The lowest BCUT2D eigenvalue weighted by Gasteiger charge is -2.22. The van der Waals surface area contributed by atoms with Gasteiger partial charge in [-0.2, -0.15) is 28.6 Å². The quantitative estimate of drug-likeness (QED) is 0.317. The molecule has 230 valence electrons. The molecular weight excluding hydrogens is 593 g/mol. The summed E-state index contributed by atoms with van der Waals surface area (Å²) in [7, 11) is -0.914. The number of benzene rings is 3. The minimum absolute atomic E-state index is 0.117. The van der Waals surface area contributed by atoms with E-state index >= 15 is 0 Å². The molecule has 1 atom stereocenters. The first kappa shape index (κ1) is 33.0. The minimum Gasteiger partial charge on any atom is -0.654 e. The molecule has 1 aliphatic heterocycles. The number of aromatic nitrogens is 1. The summed E-state index contributed by atoms with van der Waals surface area (Å²) in [6.07, 6.45) is -4.38. The summed E-state index contributed by atoms with van der Waals surface area (Å²) in [4.78, 5) is 27.0. The van der Waals surface area contributed by atoms with Crippen LogP contribution in [0.2, 0.25) is 0 Å². The van der Waals surface area contributed by atoms with Gasteiger partial charge in [0.05, 0.1) is 17.5 Å². The number of amides is 1. The van der Waals surface area contributed by atoms with Crippen molar-refractivity contribution in [2.45, 2.75) is 30.1 Å².